The summed E-state index contributed by atoms with van der Waals surface area (Å²) in [6.07, 6.45) is 6.02. The van der Waals surface area contributed by atoms with Crippen molar-refractivity contribution in [1.29, 1.82) is 0 Å². The van der Waals surface area contributed by atoms with Crippen molar-refractivity contribution in [3.05, 3.63) is 29.3 Å². The molecule has 31 heavy (non-hydrogen) atoms. The number of carbonyl (C=O) groups is 3. The molecule has 4 amide bonds. The number of rotatable bonds is 7. The van der Waals surface area contributed by atoms with Crippen molar-refractivity contribution in [2.24, 2.45) is 5.41 Å². The van der Waals surface area contributed by atoms with Crippen molar-refractivity contribution in [3.63, 3.8) is 0 Å². The second-order valence-corrected chi connectivity index (χ2v) is 9.85. The van der Waals surface area contributed by atoms with Gasteiger partial charge in [0.2, 0.25) is 12.3 Å². The van der Waals surface area contributed by atoms with E-state index in [1.54, 1.807) is 11.8 Å². The van der Waals surface area contributed by atoms with Crippen molar-refractivity contribution in [2.75, 3.05) is 43.5 Å². The van der Waals surface area contributed by atoms with Crippen LogP contribution >= 0.6 is 11.8 Å². The fourth-order valence-corrected chi connectivity index (χ4v) is 5.15. The van der Waals surface area contributed by atoms with Crippen LogP contribution in [-0.4, -0.2) is 72.4 Å². The summed E-state index contributed by atoms with van der Waals surface area (Å²) in [6.45, 7) is 6.88. The summed E-state index contributed by atoms with van der Waals surface area (Å²) in [7, 11) is 0. The van der Waals surface area contributed by atoms with E-state index < -0.39 is 6.04 Å². The monoisotopic (exact) mass is 446 g/mol. The van der Waals surface area contributed by atoms with E-state index >= 15 is 0 Å². The van der Waals surface area contributed by atoms with Crippen LogP contribution in [0.2, 0.25) is 0 Å². The summed E-state index contributed by atoms with van der Waals surface area (Å²) >= 11 is 1.67. The Morgan fingerprint density at radius 1 is 1.16 bits per heavy atom. The van der Waals surface area contributed by atoms with Crippen LogP contribution in [-0.2, 0) is 9.59 Å². The maximum absolute atomic E-state index is 12.9. The summed E-state index contributed by atoms with van der Waals surface area (Å²) in [4.78, 5) is 40.4. The summed E-state index contributed by atoms with van der Waals surface area (Å²) < 4.78 is 0. The predicted molar refractivity (Wildman–Crippen MR) is 125 cm³/mol. The zero-order valence-electron chi connectivity index (χ0n) is 18.8. The Morgan fingerprint density at radius 3 is 2.45 bits per heavy atom. The van der Waals surface area contributed by atoms with E-state index in [0.717, 1.165) is 42.8 Å². The van der Waals surface area contributed by atoms with Crippen LogP contribution < -0.4 is 10.6 Å². The zero-order chi connectivity index (χ0) is 22.4. The molecule has 0 saturated carbocycles. The average molecular weight is 447 g/mol. The van der Waals surface area contributed by atoms with Gasteiger partial charge in [-0.2, -0.15) is 11.8 Å². The summed E-state index contributed by atoms with van der Waals surface area (Å²) in [5.41, 5.74) is 3.17. The van der Waals surface area contributed by atoms with Gasteiger partial charge in [-0.3, -0.25) is 9.59 Å². The van der Waals surface area contributed by atoms with Gasteiger partial charge in [-0.05, 0) is 68.6 Å². The number of hydrogen-bond donors (Lipinski definition) is 2. The summed E-state index contributed by atoms with van der Waals surface area (Å²) in [6, 6.07) is 5.53. The first-order chi connectivity index (χ1) is 14.9. The van der Waals surface area contributed by atoms with Crippen molar-refractivity contribution in [3.8, 4) is 0 Å². The van der Waals surface area contributed by atoms with E-state index in [-0.39, 0.29) is 17.4 Å². The summed E-state index contributed by atoms with van der Waals surface area (Å²) in [5.74, 6) is 0.855. The van der Waals surface area contributed by atoms with E-state index in [1.165, 1.54) is 5.56 Å². The minimum absolute atomic E-state index is 0.0213. The molecule has 1 unspecified atom stereocenters. The van der Waals surface area contributed by atoms with E-state index in [4.69, 9.17) is 0 Å². The van der Waals surface area contributed by atoms with Gasteiger partial charge in [0.15, 0.2) is 0 Å². The number of amides is 4. The van der Waals surface area contributed by atoms with Gasteiger partial charge >= 0.3 is 6.03 Å². The van der Waals surface area contributed by atoms with Gasteiger partial charge in [-0.15, -0.1) is 0 Å². The van der Waals surface area contributed by atoms with E-state index in [2.05, 4.69) is 16.7 Å². The highest BCUT2D eigenvalue weighted by Crippen LogP contribution is 2.40. The zero-order valence-corrected chi connectivity index (χ0v) is 19.6. The molecule has 2 saturated heterocycles. The third-order valence-corrected chi connectivity index (χ3v) is 7.31. The maximum atomic E-state index is 12.9. The largest absolute Gasteiger partial charge is 0.347 e. The van der Waals surface area contributed by atoms with Gasteiger partial charge in [0.1, 0.15) is 6.04 Å². The first-order valence-electron chi connectivity index (χ1n) is 11.0. The van der Waals surface area contributed by atoms with Gasteiger partial charge < -0.3 is 20.4 Å². The first kappa shape index (κ1) is 23.4. The predicted octanol–water partition coefficient (Wildman–Crippen LogP) is 3.02. The normalized spacial score (nSPS) is 18.7. The van der Waals surface area contributed by atoms with Crippen molar-refractivity contribution in [2.45, 2.75) is 45.6 Å². The number of benzene rings is 1. The highest BCUT2D eigenvalue weighted by molar-refractivity contribution is 7.98. The minimum atomic E-state index is -0.441. The topological polar surface area (TPSA) is 81.8 Å². The van der Waals surface area contributed by atoms with Crippen LogP contribution in [0.25, 0.3) is 0 Å². The molecule has 0 aliphatic carbocycles. The number of nitrogens with zero attached hydrogens (tertiary/aromatic N) is 2. The van der Waals surface area contributed by atoms with Crippen LogP contribution in [0.1, 0.15) is 36.8 Å². The molecule has 1 aromatic rings. The molecule has 1 atom stereocenters. The molecule has 2 aliphatic rings. The summed E-state index contributed by atoms with van der Waals surface area (Å²) in [5, 5.41) is 5.73. The second-order valence-electron chi connectivity index (χ2n) is 8.86. The van der Waals surface area contributed by atoms with Crippen LogP contribution in [0, 0.1) is 19.3 Å². The van der Waals surface area contributed by atoms with Gasteiger partial charge in [-0.25, -0.2) is 4.79 Å². The molecule has 0 aromatic heterocycles. The fraction of sp³-hybridized carbons (Fsp3) is 0.609. The number of carbonyl (C=O) groups excluding carboxylic acids is 3. The molecule has 2 heterocycles. The number of likely N-dealkylation sites (tertiary alicyclic amines) is 2. The lowest BCUT2D eigenvalue weighted by Crippen LogP contribution is -2.48. The molecule has 2 aliphatic heterocycles. The Balaban J connectivity index is 1.53. The molecule has 0 bridgehead atoms. The Hall–Kier alpha value is -2.22. The maximum Gasteiger partial charge on any atom is 0.321 e. The molecule has 0 radical (unpaired) electrons. The SMILES string of the molecule is CSCCC(NC=O)C(=O)N1CCC2(CCN(C(=O)Nc3ccc(C)cc3C)CC2)C1. The number of nitrogens with one attached hydrogen (secondary N) is 2. The smallest absolute Gasteiger partial charge is 0.321 e. The first-order valence-corrected chi connectivity index (χ1v) is 12.4. The third-order valence-electron chi connectivity index (χ3n) is 6.66. The standard InChI is InChI=1S/C23H34N4O3S/c1-17-4-5-19(18(2)14-17)25-22(30)26-10-7-23(8-11-26)9-12-27(15-23)21(29)20(24-16-28)6-13-31-3/h4-5,14,16,20H,6-13,15H2,1-3H3,(H,24,28)(H,25,30). The molecule has 8 heteroatoms. The van der Waals surface area contributed by atoms with Gasteiger partial charge in [0, 0.05) is 31.9 Å². The van der Waals surface area contributed by atoms with Crippen LogP contribution in [0.5, 0.6) is 0 Å². The van der Waals surface area contributed by atoms with Crippen molar-refractivity contribution >= 4 is 35.8 Å². The number of anilines is 1. The Kier molecular flexibility index (Phi) is 7.86. The number of piperidine rings is 1. The van der Waals surface area contributed by atoms with Crippen LogP contribution in [0.4, 0.5) is 10.5 Å². The van der Waals surface area contributed by atoms with Gasteiger partial charge in [0.25, 0.3) is 0 Å². The van der Waals surface area contributed by atoms with Crippen molar-refractivity contribution in [1.82, 2.24) is 15.1 Å². The molecular formula is C23H34N4O3S. The Morgan fingerprint density at radius 2 is 1.84 bits per heavy atom. The Bertz CT molecular complexity index is 808. The second kappa shape index (κ2) is 10.4. The fourth-order valence-electron chi connectivity index (χ4n) is 4.68. The van der Waals surface area contributed by atoms with Gasteiger partial charge in [-0.1, -0.05) is 17.7 Å². The molecule has 2 fully saturated rings. The molecule has 2 N–H and O–H groups in total. The van der Waals surface area contributed by atoms with E-state index in [9.17, 15) is 14.4 Å². The lowest BCUT2D eigenvalue weighted by Gasteiger charge is -2.39. The lowest BCUT2D eigenvalue weighted by molar-refractivity contribution is -0.134. The van der Waals surface area contributed by atoms with E-state index in [1.807, 2.05) is 42.0 Å². The molecular weight excluding hydrogens is 412 g/mol. The molecule has 7 nitrogen and oxygen atoms in total. The van der Waals surface area contributed by atoms with Gasteiger partial charge in [0.05, 0.1) is 0 Å². The van der Waals surface area contributed by atoms with Crippen LogP contribution in [0.15, 0.2) is 18.2 Å². The van der Waals surface area contributed by atoms with Crippen LogP contribution in [0.3, 0.4) is 0 Å². The quantitative estimate of drug-likeness (QED) is 0.631. The number of urea groups is 1. The Labute approximate surface area is 189 Å². The minimum Gasteiger partial charge on any atom is -0.347 e. The molecule has 1 aromatic carbocycles. The highest BCUT2D eigenvalue weighted by Gasteiger charge is 2.43. The number of hydrogen-bond acceptors (Lipinski definition) is 4. The van der Waals surface area contributed by atoms with Crippen molar-refractivity contribution < 1.29 is 14.4 Å². The highest BCUT2D eigenvalue weighted by atomic mass is 32.2. The third kappa shape index (κ3) is 5.73. The number of aryl methyl sites for hydroxylation is 2. The molecule has 170 valence electrons. The molecule has 3 rings (SSSR count). The lowest BCUT2D eigenvalue weighted by atomic mass is 9.78. The average Bonchev–Trinajstić information content (AvgIpc) is 3.16. The molecule has 1 spiro atoms. The van der Waals surface area contributed by atoms with E-state index in [0.29, 0.717) is 32.5 Å². The number of thioether (sulfide) groups is 1.